The summed E-state index contributed by atoms with van der Waals surface area (Å²) in [4.78, 5) is 13.7. The standard InChI is InChI=1S/C14H23Cl2NO/c1-10-4-6-17(7-5-10)9-14(18)11-2-3-12(15)13(16)8-11/h10-13H,2-9H2,1H3/p+1. The van der Waals surface area contributed by atoms with Gasteiger partial charge in [-0.1, -0.05) is 6.92 Å². The summed E-state index contributed by atoms with van der Waals surface area (Å²) in [6, 6.07) is 0. The number of nitrogens with one attached hydrogen (secondary N) is 1. The molecule has 104 valence electrons. The van der Waals surface area contributed by atoms with Crippen LogP contribution >= 0.6 is 23.2 Å². The highest BCUT2D eigenvalue weighted by Gasteiger charge is 2.33. The third-order valence-corrected chi connectivity index (χ3v) is 5.69. The van der Waals surface area contributed by atoms with Crippen LogP contribution < -0.4 is 4.90 Å². The molecule has 2 aliphatic rings. The van der Waals surface area contributed by atoms with Gasteiger partial charge in [0.15, 0.2) is 5.78 Å². The van der Waals surface area contributed by atoms with Crippen molar-refractivity contribution in [2.75, 3.05) is 19.6 Å². The van der Waals surface area contributed by atoms with Crippen LogP contribution in [0.3, 0.4) is 0 Å². The molecule has 4 heteroatoms. The number of ketones is 1. The van der Waals surface area contributed by atoms with Gasteiger partial charge in [-0.15, -0.1) is 23.2 Å². The van der Waals surface area contributed by atoms with E-state index in [0.29, 0.717) is 12.3 Å². The largest absolute Gasteiger partial charge is 0.329 e. The Balaban J connectivity index is 1.78. The zero-order chi connectivity index (χ0) is 13.1. The Morgan fingerprint density at radius 2 is 1.78 bits per heavy atom. The molecule has 0 spiro atoms. The lowest BCUT2D eigenvalue weighted by Gasteiger charge is -2.31. The second-order valence-electron chi connectivity index (χ2n) is 6.12. The van der Waals surface area contributed by atoms with Crippen molar-refractivity contribution in [2.45, 2.75) is 49.8 Å². The van der Waals surface area contributed by atoms with Gasteiger partial charge in [0.2, 0.25) is 0 Å². The third-order valence-electron chi connectivity index (χ3n) is 4.55. The van der Waals surface area contributed by atoms with Gasteiger partial charge in [-0.2, -0.15) is 0 Å². The van der Waals surface area contributed by atoms with E-state index in [4.69, 9.17) is 23.2 Å². The molecule has 2 fully saturated rings. The smallest absolute Gasteiger partial charge is 0.189 e. The molecule has 3 atom stereocenters. The van der Waals surface area contributed by atoms with Crippen LogP contribution in [0.25, 0.3) is 0 Å². The Morgan fingerprint density at radius 1 is 1.11 bits per heavy atom. The third kappa shape index (κ3) is 3.85. The van der Waals surface area contributed by atoms with Crippen molar-refractivity contribution in [3.05, 3.63) is 0 Å². The minimum Gasteiger partial charge on any atom is -0.329 e. The summed E-state index contributed by atoms with van der Waals surface area (Å²) in [5, 5.41) is 0.0321. The molecule has 0 amide bonds. The van der Waals surface area contributed by atoms with E-state index in [1.165, 1.54) is 17.7 Å². The molecule has 18 heavy (non-hydrogen) atoms. The number of hydrogen-bond donors (Lipinski definition) is 1. The molecule has 2 nitrogen and oxygen atoms in total. The number of carbonyl (C=O) groups excluding carboxylic acids is 1. The van der Waals surface area contributed by atoms with Crippen molar-refractivity contribution < 1.29 is 9.69 Å². The first-order valence-electron chi connectivity index (χ1n) is 7.20. The van der Waals surface area contributed by atoms with Gasteiger partial charge < -0.3 is 4.90 Å². The Kier molecular flexibility index (Phi) is 5.35. The van der Waals surface area contributed by atoms with Crippen molar-refractivity contribution in [1.82, 2.24) is 0 Å². The molecule has 0 aromatic carbocycles. The zero-order valence-corrected chi connectivity index (χ0v) is 12.6. The molecular formula is C14H24Cl2NO+. The van der Waals surface area contributed by atoms with Gasteiger partial charge in [0, 0.05) is 11.3 Å². The van der Waals surface area contributed by atoms with Gasteiger partial charge in [-0.05, 0) is 38.0 Å². The van der Waals surface area contributed by atoms with Gasteiger partial charge in [0.25, 0.3) is 0 Å². The fraction of sp³-hybridized carbons (Fsp3) is 0.929. The minimum absolute atomic E-state index is 0.0225. The number of halogens is 2. The molecule has 0 bridgehead atoms. The van der Waals surface area contributed by atoms with Crippen LogP contribution in [-0.2, 0) is 4.79 Å². The highest BCUT2D eigenvalue weighted by molar-refractivity contribution is 6.30. The van der Waals surface area contributed by atoms with Crippen molar-refractivity contribution in [1.29, 1.82) is 0 Å². The topological polar surface area (TPSA) is 21.5 Å². The van der Waals surface area contributed by atoms with Crippen LogP contribution in [0, 0.1) is 11.8 Å². The number of hydrogen-bond acceptors (Lipinski definition) is 1. The summed E-state index contributed by atoms with van der Waals surface area (Å²) in [6.07, 6.45) is 5.11. The maximum atomic E-state index is 12.3. The van der Waals surface area contributed by atoms with Gasteiger partial charge in [-0.3, -0.25) is 4.79 Å². The van der Waals surface area contributed by atoms with Crippen LogP contribution in [0.2, 0.25) is 0 Å². The number of piperidine rings is 1. The van der Waals surface area contributed by atoms with Crippen molar-refractivity contribution in [3.8, 4) is 0 Å². The summed E-state index contributed by atoms with van der Waals surface area (Å²) in [6.45, 7) is 5.32. The molecule has 1 aliphatic carbocycles. The predicted octanol–water partition coefficient (Wildman–Crippen LogP) is 1.89. The molecule has 2 rings (SSSR count). The second-order valence-corrected chi connectivity index (χ2v) is 7.24. The highest BCUT2D eigenvalue weighted by Crippen LogP contribution is 2.31. The SMILES string of the molecule is CC1CC[NH+](CC(=O)C2CCC(Cl)C(Cl)C2)CC1. The summed E-state index contributed by atoms with van der Waals surface area (Å²) < 4.78 is 0. The van der Waals surface area contributed by atoms with Gasteiger partial charge in [0.1, 0.15) is 6.54 Å². The van der Waals surface area contributed by atoms with Gasteiger partial charge in [-0.25, -0.2) is 0 Å². The van der Waals surface area contributed by atoms with Crippen LogP contribution in [0.5, 0.6) is 0 Å². The number of carbonyl (C=O) groups is 1. The predicted molar refractivity (Wildman–Crippen MR) is 75.6 cm³/mol. The fourth-order valence-electron chi connectivity index (χ4n) is 3.11. The van der Waals surface area contributed by atoms with Gasteiger partial charge in [0.05, 0.1) is 18.5 Å². The van der Waals surface area contributed by atoms with E-state index in [0.717, 1.165) is 38.3 Å². The van der Waals surface area contributed by atoms with E-state index in [1.807, 2.05) is 0 Å². The monoisotopic (exact) mass is 292 g/mol. The number of likely N-dealkylation sites (tertiary alicyclic amines) is 1. The van der Waals surface area contributed by atoms with Crippen molar-refractivity contribution in [2.24, 2.45) is 11.8 Å². The molecule has 0 radical (unpaired) electrons. The molecule has 1 aliphatic heterocycles. The average molecular weight is 293 g/mol. The lowest BCUT2D eigenvalue weighted by Crippen LogP contribution is -3.14. The highest BCUT2D eigenvalue weighted by atomic mass is 35.5. The van der Waals surface area contributed by atoms with E-state index >= 15 is 0 Å². The minimum atomic E-state index is -0.0225. The summed E-state index contributed by atoms with van der Waals surface area (Å²) in [5.41, 5.74) is 0. The molecule has 1 heterocycles. The maximum Gasteiger partial charge on any atom is 0.189 e. The Bertz CT molecular complexity index is 290. The van der Waals surface area contributed by atoms with Crippen LogP contribution in [0.15, 0.2) is 0 Å². The summed E-state index contributed by atoms with van der Waals surface area (Å²) >= 11 is 12.3. The number of quaternary nitrogens is 1. The van der Waals surface area contributed by atoms with Crippen molar-refractivity contribution in [3.63, 3.8) is 0 Å². The molecule has 1 saturated carbocycles. The number of rotatable bonds is 3. The fourth-order valence-corrected chi connectivity index (χ4v) is 3.68. The van der Waals surface area contributed by atoms with Crippen molar-refractivity contribution >= 4 is 29.0 Å². The maximum absolute atomic E-state index is 12.3. The van der Waals surface area contributed by atoms with Gasteiger partial charge >= 0.3 is 0 Å². The van der Waals surface area contributed by atoms with E-state index < -0.39 is 0 Å². The van der Waals surface area contributed by atoms with E-state index in [2.05, 4.69) is 6.92 Å². The average Bonchev–Trinajstić information content (AvgIpc) is 2.35. The van der Waals surface area contributed by atoms with Crippen LogP contribution in [-0.4, -0.2) is 36.2 Å². The molecule has 0 aromatic heterocycles. The summed E-state index contributed by atoms with van der Waals surface area (Å²) in [7, 11) is 0. The lowest BCUT2D eigenvalue weighted by atomic mass is 9.85. The Morgan fingerprint density at radius 3 is 2.39 bits per heavy atom. The quantitative estimate of drug-likeness (QED) is 0.788. The Hall–Kier alpha value is 0.210. The van der Waals surface area contributed by atoms with Crippen LogP contribution in [0.4, 0.5) is 0 Å². The van der Waals surface area contributed by atoms with E-state index in [1.54, 1.807) is 0 Å². The number of alkyl halides is 2. The lowest BCUT2D eigenvalue weighted by molar-refractivity contribution is -0.898. The molecular weight excluding hydrogens is 269 g/mol. The molecule has 1 saturated heterocycles. The molecule has 1 N–H and O–H groups in total. The molecule has 0 aromatic rings. The molecule has 3 unspecified atom stereocenters. The van der Waals surface area contributed by atoms with Crippen LogP contribution in [0.1, 0.15) is 39.0 Å². The second kappa shape index (κ2) is 6.58. The van der Waals surface area contributed by atoms with E-state index in [9.17, 15) is 4.79 Å². The Labute approximate surface area is 120 Å². The van der Waals surface area contributed by atoms with E-state index in [-0.39, 0.29) is 16.7 Å². The summed E-state index contributed by atoms with van der Waals surface area (Å²) in [5.74, 6) is 1.41. The zero-order valence-electron chi connectivity index (χ0n) is 11.1. The normalized spacial score (nSPS) is 41.6. The first kappa shape index (κ1) is 14.6. The first-order chi connectivity index (χ1) is 8.56. The number of Topliss-reactive ketones (excluding diaryl/α,β-unsaturated/α-hetero) is 1. The first-order valence-corrected chi connectivity index (χ1v) is 8.08.